The van der Waals surface area contributed by atoms with Crippen LogP contribution in [0.1, 0.15) is 43.4 Å². The van der Waals surface area contributed by atoms with Crippen molar-refractivity contribution < 1.29 is 13.2 Å². The molecule has 0 spiro atoms. The molecule has 19 heavy (non-hydrogen) atoms. The third-order valence-corrected chi connectivity index (χ3v) is 3.86. The topological polar surface area (TPSA) is 12.0 Å². The van der Waals surface area contributed by atoms with Crippen LogP contribution >= 0.6 is 15.9 Å². The van der Waals surface area contributed by atoms with Crippen molar-refractivity contribution in [2.75, 3.05) is 6.54 Å². The van der Waals surface area contributed by atoms with E-state index in [1.807, 2.05) is 6.92 Å². The van der Waals surface area contributed by atoms with E-state index in [1.54, 1.807) is 12.1 Å². The van der Waals surface area contributed by atoms with Crippen LogP contribution in [0.25, 0.3) is 0 Å². The molecule has 1 aliphatic rings. The van der Waals surface area contributed by atoms with E-state index in [2.05, 4.69) is 21.2 Å². The molecule has 0 saturated heterocycles. The summed E-state index contributed by atoms with van der Waals surface area (Å²) in [5.41, 5.74) is -0.144. The second kappa shape index (κ2) is 5.83. The first kappa shape index (κ1) is 14.9. The molecule has 0 aromatic heterocycles. The summed E-state index contributed by atoms with van der Waals surface area (Å²) in [6.45, 7) is 2.76. The minimum atomic E-state index is -4.31. The summed E-state index contributed by atoms with van der Waals surface area (Å²) in [5, 5.41) is 3.26. The molecule has 1 aromatic rings. The van der Waals surface area contributed by atoms with E-state index in [0.717, 1.165) is 25.8 Å². The minimum absolute atomic E-state index is 0.176. The van der Waals surface area contributed by atoms with Crippen LogP contribution in [0.15, 0.2) is 22.7 Å². The molecule has 5 heteroatoms. The Morgan fingerprint density at radius 1 is 1.37 bits per heavy atom. The lowest BCUT2D eigenvalue weighted by molar-refractivity contribution is -0.138. The van der Waals surface area contributed by atoms with E-state index in [-0.39, 0.29) is 6.04 Å². The maximum atomic E-state index is 13.1. The summed E-state index contributed by atoms with van der Waals surface area (Å²) >= 11 is 3.12. The minimum Gasteiger partial charge on any atom is -0.310 e. The Bertz CT molecular complexity index is 441. The zero-order valence-electron chi connectivity index (χ0n) is 10.7. The zero-order chi connectivity index (χ0) is 14.0. The lowest BCUT2D eigenvalue weighted by Crippen LogP contribution is -2.26. The SMILES string of the molecule is CCCNC(c1ccc(Br)cc1C(F)(F)F)C1CC1. The molecule has 0 amide bonds. The molecule has 1 fully saturated rings. The summed E-state index contributed by atoms with van der Waals surface area (Å²) in [7, 11) is 0. The van der Waals surface area contributed by atoms with Crippen LogP contribution in [0, 0.1) is 5.92 Å². The predicted octanol–water partition coefficient (Wildman–Crippen LogP) is 4.92. The smallest absolute Gasteiger partial charge is 0.310 e. The van der Waals surface area contributed by atoms with Crippen LogP contribution in [0.2, 0.25) is 0 Å². The first-order valence-corrected chi connectivity index (χ1v) is 7.32. The normalized spacial score (nSPS) is 17.5. The Balaban J connectivity index is 2.35. The van der Waals surface area contributed by atoms with Crippen LogP contribution in [-0.2, 0) is 6.18 Å². The summed E-state index contributed by atoms with van der Waals surface area (Å²) in [6.07, 6.45) is -1.37. The van der Waals surface area contributed by atoms with Crippen LogP contribution in [0.5, 0.6) is 0 Å². The standard InChI is InChI=1S/C14H17BrF3N/c1-2-7-19-13(9-3-4-9)11-6-5-10(15)8-12(11)14(16,17)18/h5-6,8-9,13,19H,2-4,7H2,1H3. The molecule has 106 valence electrons. The third kappa shape index (κ3) is 3.72. The molecule has 1 unspecified atom stereocenters. The van der Waals surface area contributed by atoms with Crippen molar-refractivity contribution in [1.29, 1.82) is 0 Å². The van der Waals surface area contributed by atoms with Gasteiger partial charge in [-0.05, 0) is 49.4 Å². The van der Waals surface area contributed by atoms with E-state index < -0.39 is 11.7 Å². The molecule has 1 N–H and O–H groups in total. The summed E-state index contributed by atoms with van der Waals surface area (Å²) < 4.78 is 39.9. The monoisotopic (exact) mass is 335 g/mol. The molecule has 1 aromatic carbocycles. The van der Waals surface area contributed by atoms with Crippen molar-refractivity contribution in [2.24, 2.45) is 5.92 Å². The van der Waals surface area contributed by atoms with Crippen LogP contribution in [0.3, 0.4) is 0 Å². The van der Waals surface area contributed by atoms with Gasteiger partial charge in [0.15, 0.2) is 0 Å². The van der Waals surface area contributed by atoms with Gasteiger partial charge in [-0.2, -0.15) is 13.2 Å². The van der Waals surface area contributed by atoms with Gasteiger partial charge in [-0.25, -0.2) is 0 Å². The molecule has 0 bridgehead atoms. The number of alkyl halides is 3. The van der Waals surface area contributed by atoms with Gasteiger partial charge in [0.05, 0.1) is 5.56 Å². The highest BCUT2D eigenvalue weighted by Crippen LogP contribution is 2.45. The van der Waals surface area contributed by atoms with Crippen molar-refractivity contribution in [1.82, 2.24) is 5.32 Å². The van der Waals surface area contributed by atoms with Crippen molar-refractivity contribution in [3.05, 3.63) is 33.8 Å². The van der Waals surface area contributed by atoms with Crippen molar-refractivity contribution in [3.63, 3.8) is 0 Å². The molecular formula is C14H17BrF3N. The molecule has 1 aliphatic carbocycles. The van der Waals surface area contributed by atoms with E-state index in [1.165, 1.54) is 6.07 Å². The fourth-order valence-electron chi connectivity index (χ4n) is 2.31. The van der Waals surface area contributed by atoms with E-state index in [0.29, 0.717) is 16.0 Å². The van der Waals surface area contributed by atoms with Gasteiger partial charge in [0.1, 0.15) is 0 Å². The van der Waals surface area contributed by atoms with E-state index in [4.69, 9.17) is 0 Å². The van der Waals surface area contributed by atoms with E-state index in [9.17, 15) is 13.2 Å². The maximum absolute atomic E-state index is 13.1. The highest BCUT2D eigenvalue weighted by molar-refractivity contribution is 9.10. The van der Waals surface area contributed by atoms with E-state index >= 15 is 0 Å². The lowest BCUT2D eigenvalue weighted by Gasteiger charge is -2.23. The van der Waals surface area contributed by atoms with Gasteiger partial charge < -0.3 is 5.32 Å². The van der Waals surface area contributed by atoms with Gasteiger partial charge in [0.25, 0.3) is 0 Å². The maximum Gasteiger partial charge on any atom is 0.416 e. The quantitative estimate of drug-likeness (QED) is 0.805. The zero-order valence-corrected chi connectivity index (χ0v) is 12.3. The van der Waals surface area contributed by atoms with Crippen molar-refractivity contribution >= 4 is 15.9 Å². The number of benzene rings is 1. The average Bonchev–Trinajstić information content (AvgIpc) is 3.14. The van der Waals surface area contributed by atoms with Crippen molar-refractivity contribution in [3.8, 4) is 0 Å². The van der Waals surface area contributed by atoms with Gasteiger partial charge in [0, 0.05) is 10.5 Å². The summed E-state index contributed by atoms with van der Waals surface area (Å²) in [4.78, 5) is 0. The van der Waals surface area contributed by atoms with Gasteiger partial charge in [-0.1, -0.05) is 28.9 Å². The first-order valence-electron chi connectivity index (χ1n) is 6.53. The lowest BCUT2D eigenvalue weighted by atomic mass is 9.96. The van der Waals surface area contributed by atoms with Gasteiger partial charge in [-0.15, -0.1) is 0 Å². The average molecular weight is 336 g/mol. The van der Waals surface area contributed by atoms with Gasteiger partial charge in [-0.3, -0.25) is 0 Å². The Morgan fingerprint density at radius 2 is 2.05 bits per heavy atom. The number of rotatable bonds is 5. The molecule has 0 radical (unpaired) electrons. The van der Waals surface area contributed by atoms with Crippen LogP contribution in [0.4, 0.5) is 13.2 Å². The number of hydrogen-bond donors (Lipinski definition) is 1. The highest BCUT2D eigenvalue weighted by atomic mass is 79.9. The Hall–Kier alpha value is -0.550. The molecular weight excluding hydrogens is 319 g/mol. The fourth-order valence-corrected chi connectivity index (χ4v) is 2.67. The number of nitrogens with one attached hydrogen (secondary N) is 1. The number of halogens is 4. The highest BCUT2D eigenvalue weighted by Gasteiger charge is 2.39. The molecule has 0 aliphatic heterocycles. The van der Waals surface area contributed by atoms with Gasteiger partial charge in [0.2, 0.25) is 0 Å². The number of hydrogen-bond acceptors (Lipinski definition) is 1. The Kier molecular flexibility index (Phi) is 4.56. The van der Waals surface area contributed by atoms with Crippen LogP contribution in [-0.4, -0.2) is 6.54 Å². The summed E-state index contributed by atoms with van der Waals surface area (Å²) in [6, 6.07) is 4.29. The molecule has 0 heterocycles. The summed E-state index contributed by atoms with van der Waals surface area (Å²) in [5.74, 6) is 0.342. The van der Waals surface area contributed by atoms with Gasteiger partial charge >= 0.3 is 6.18 Å². The second-order valence-corrected chi connectivity index (χ2v) is 5.91. The fraction of sp³-hybridized carbons (Fsp3) is 0.571. The molecule has 2 rings (SSSR count). The van der Waals surface area contributed by atoms with Crippen molar-refractivity contribution in [2.45, 2.75) is 38.4 Å². The molecule has 1 saturated carbocycles. The van der Waals surface area contributed by atoms with Crippen LogP contribution < -0.4 is 5.32 Å². The largest absolute Gasteiger partial charge is 0.416 e. The predicted molar refractivity (Wildman–Crippen MR) is 72.9 cm³/mol. The third-order valence-electron chi connectivity index (χ3n) is 3.36. The molecule has 1 nitrogen and oxygen atoms in total. The molecule has 1 atom stereocenters. The first-order chi connectivity index (χ1) is 8.93. The Labute approximate surface area is 119 Å². The second-order valence-electron chi connectivity index (χ2n) is 5.00. The Morgan fingerprint density at radius 3 is 2.58 bits per heavy atom.